The minimum atomic E-state index is -4.69. The summed E-state index contributed by atoms with van der Waals surface area (Å²) in [5, 5.41) is 9.60. The van der Waals surface area contributed by atoms with Crippen LogP contribution in [-0.4, -0.2) is 28.5 Å². The van der Waals surface area contributed by atoms with Crippen LogP contribution in [-0.2, 0) is 17.5 Å². The third-order valence-corrected chi connectivity index (χ3v) is 2.35. The molecule has 19 heavy (non-hydrogen) atoms. The first kappa shape index (κ1) is 15.7. The zero-order valence-corrected chi connectivity index (χ0v) is 10.6. The maximum atomic E-state index is 12.5. The average molecular weight is 279 g/mol. The van der Waals surface area contributed by atoms with Gasteiger partial charge in [0, 0.05) is 6.20 Å². The highest BCUT2D eigenvalue weighted by atomic mass is 19.4. The molecule has 0 amide bonds. The second kappa shape index (κ2) is 6.21. The molecule has 0 aromatic carbocycles. The Hall–Kier alpha value is -1.34. The fraction of sp³-hybridized carbons (Fsp3) is 0.583. The third-order valence-electron chi connectivity index (χ3n) is 2.35. The minimum Gasteiger partial charge on any atom is -0.389 e. The molecule has 108 valence electrons. The molecule has 0 unspecified atom stereocenters. The first-order valence-corrected chi connectivity index (χ1v) is 5.78. The average Bonchev–Trinajstić information content (AvgIpc) is 2.27. The Bertz CT molecular complexity index is 468. The zero-order valence-electron chi connectivity index (χ0n) is 10.6. The SMILES string of the molecule is CC(C)OC[C@@H](O)Cn1cccc(C(F)(F)F)c1=O. The van der Waals surface area contributed by atoms with Crippen LogP contribution in [0.15, 0.2) is 23.1 Å². The van der Waals surface area contributed by atoms with E-state index in [1.54, 1.807) is 13.8 Å². The summed E-state index contributed by atoms with van der Waals surface area (Å²) in [4.78, 5) is 11.6. The molecule has 1 heterocycles. The van der Waals surface area contributed by atoms with Crippen molar-refractivity contribution in [2.45, 2.75) is 38.8 Å². The molecule has 0 radical (unpaired) electrons. The summed E-state index contributed by atoms with van der Waals surface area (Å²) in [6, 6.07) is 1.84. The molecule has 4 nitrogen and oxygen atoms in total. The lowest BCUT2D eigenvalue weighted by Gasteiger charge is -2.16. The summed E-state index contributed by atoms with van der Waals surface area (Å²) >= 11 is 0. The van der Waals surface area contributed by atoms with Crippen molar-refractivity contribution in [1.82, 2.24) is 4.57 Å². The lowest BCUT2D eigenvalue weighted by atomic mass is 10.2. The van der Waals surface area contributed by atoms with Crippen LogP contribution in [0.3, 0.4) is 0 Å². The van der Waals surface area contributed by atoms with Crippen molar-refractivity contribution in [3.63, 3.8) is 0 Å². The number of pyridine rings is 1. The van der Waals surface area contributed by atoms with Crippen LogP contribution in [0, 0.1) is 0 Å². The number of ether oxygens (including phenoxy) is 1. The number of halogens is 3. The van der Waals surface area contributed by atoms with Crippen LogP contribution >= 0.6 is 0 Å². The van der Waals surface area contributed by atoms with E-state index in [4.69, 9.17) is 4.74 Å². The Kier molecular flexibility index (Phi) is 5.13. The Morgan fingerprint density at radius 3 is 2.58 bits per heavy atom. The molecule has 0 bridgehead atoms. The minimum absolute atomic E-state index is 0.0413. The molecule has 0 spiro atoms. The molecule has 1 N–H and O–H groups in total. The maximum Gasteiger partial charge on any atom is 0.421 e. The van der Waals surface area contributed by atoms with Crippen molar-refractivity contribution in [1.29, 1.82) is 0 Å². The van der Waals surface area contributed by atoms with Crippen LogP contribution in [0.2, 0.25) is 0 Å². The van der Waals surface area contributed by atoms with Gasteiger partial charge in [-0.3, -0.25) is 4.79 Å². The maximum absolute atomic E-state index is 12.5. The van der Waals surface area contributed by atoms with E-state index in [2.05, 4.69) is 0 Å². The topological polar surface area (TPSA) is 51.5 Å². The van der Waals surface area contributed by atoms with E-state index in [0.29, 0.717) is 0 Å². The predicted molar refractivity (Wildman–Crippen MR) is 62.8 cm³/mol. The van der Waals surface area contributed by atoms with E-state index >= 15 is 0 Å². The lowest BCUT2D eigenvalue weighted by Crippen LogP contribution is -2.33. The number of aliphatic hydroxyl groups is 1. The number of hydrogen-bond acceptors (Lipinski definition) is 3. The van der Waals surface area contributed by atoms with Gasteiger partial charge in [-0.05, 0) is 26.0 Å². The zero-order chi connectivity index (χ0) is 14.6. The third kappa shape index (κ3) is 4.68. The molecule has 0 aliphatic rings. The molecular weight excluding hydrogens is 263 g/mol. The van der Waals surface area contributed by atoms with E-state index in [1.807, 2.05) is 0 Å². The molecule has 1 atom stereocenters. The summed E-state index contributed by atoms with van der Waals surface area (Å²) in [5.41, 5.74) is -2.41. The molecule has 1 aromatic rings. The summed E-state index contributed by atoms with van der Waals surface area (Å²) in [7, 11) is 0. The Morgan fingerprint density at radius 1 is 1.42 bits per heavy atom. The number of aromatic nitrogens is 1. The summed E-state index contributed by atoms with van der Waals surface area (Å²) < 4.78 is 43.5. The number of nitrogens with zero attached hydrogens (tertiary/aromatic N) is 1. The van der Waals surface area contributed by atoms with Gasteiger partial charge in [0.25, 0.3) is 5.56 Å². The van der Waals surface area contributed by atoms with Gasteiger partial charge in [0.2, 0.25) is 0 Å². The van der Waals surface area contributed by atoms with Crippen LogP contribution in [0.1, 0.15) is 19.4 Å². The summed E-state index contributed by atoms with van der Waals surface area (Å²) in [5.74, 6) is 0. The van der Waals surface area contributed by atoms with Gasteiger partial charge in [0.15, 0.2) is 0 Å². The second-order valence-electron chi connectivity index (χ2n) is 4.41. The highest BCUT2D eigenvalue weighted by Crippen LogP contribution is 2.25. The van der Waals surface area contributed by atoms with Crippen LogP contribution in [0.4, 0.5) is 13.2 Å². The van der Waals surface area contributed by atoms with Gasteiger partial charge < -0.3 is 14.4 Å². The Balaban J connectivity index is 2.83. The van der Waals surface area contributed by atoms with Crippen molar-refractivity contribution in [3.8, 4) is 0 Å². The molecule has 0 saturated heterocycles. The monoisotopic (exact) mass is 279 g/mol. The lowest BCUT2D eigenvalue weighted by molar-refractivity contribution is -0.139. The van der Waals surface area contributed by atoms with Crippen molar-refractivity contribution in [3.05, 3.63) is 34.2 Å². The molecule has 1 aromatic heterocycles. The molecule has 7 heteroatoms. The first-order valence-electron chi connectivity index (χ1n) is 5.78. The second-order valence-corrected chi connectivity index (χ2v) is 4.41. The number of aliphatic hydroxyl groups excluding tert-OH is 1. The van der Waals surface area contributed by atoms with E-state index in [-0.39, 0.29) is 19.3 Å². The Morgan fingerprint density at radius 2 is 2.05 bits per heavy atom. The van der Waals surface area contributed by atoms with E-state index in [9.17, 15) is 23.1 Å². The van der Waals surface area contributed by atoms with Gasteiger partial charge in [-0.25, -0.2) is 0 Å². The molecule has 0 aliphatic heterocycles. The molecular formula is C12H16F3NO3. The number of hydrogen-bond donors (Lipinski definition) is 1. The van der Waals surface area contributed by atoms with Gasteiger partial charge in [-0.15, -0.1) is 0 Å². The van der Waals surface area contributed by atoms with Crippen LogP contribution in [0.5, 0.6) is 0 Å². The molecule has 0 fully saturated rings. The fourth-order valence-corrected chi connectivity index (χ4v) is 1.48. The van der Waals surface area contributed by atoms with Crippen molar-refractivity contribution < 1.29 is 23.0 Å². The van der Waals surface area contributed by atoms with Crippen molar-refractivity contribution >= 4 is 0 Å². The van der Waals surface area contributed by atoms with Crippen LogP contribution in [0.25, 0.3) is 0 Å². The largest absolute Gasteiger partial charge is 0.421 e. The summed E-state index contributed by atoms with van der Waals surface area (Å²) in [6.07, 6.45) is -4.63. The van der Waals surface area contributed by atoms with Crippen LogP contribution < -0.4 is 5.56 Å². The number of rotatable bonds is 5. The standard InChI is InChI=1S/C12H16F3NO3/c1-8(2)19-7-9(17)6-16-5-3-4-10(11(16)18)12(13,14)15/h3-5,8-9,17H,6-7H2,1-2H3/t9-/m0/s1. The quantitative estimate of drug-likeness (QED) is 0.891. The highest BCUT2D eigenvalue weighted by molar-refractivity contribution is 5.14. The van der Waals surface area contributed by atoms with Gasteiger partial charge in [-0.2, -0.15) is 13.2 Å². The van der Waals surface area contributed by atoms with Gasteiger partial charge in [0.05, 0.1) is 25.4 Å². The number of alkyl halides is 3. The fourth-order valence-electron chi connectivity index (χ4n) is 1.48. The smallest absolute Gasteiger partial charge is 0.389 e. The van der Waals surface area contributed by atoms with E-state index in [0.717, 1.165) is 16.7 Å². The summed E-state index contributed by atoms with van der Waals surface area (Å²) in [6.45, 7) is 3.25. The van der Waals surface area contributed by atoms with Gasteiger partial charge in [-0.1, -0.05) is 0 Å². The van der Waals surface area contributed by atoms with E-state index < -0.39 is 23.4 Å². The van der Waals surface area contributed by atoms with Crippen molar-refractivity contribution in [2.24, 2.45) is 0 Å². The van der Waals surface area contributed by atoms with Gasteiger partial charge >= 0.3 is 6.18 Å². The van der Waals surface area contributed by atoms with E-state index in [1.165, 1.54) is 6.20 Å². The normalized spacial score (nSPS) is 13.8. The van der Waals surface area contributed by atoms with Crippen molar-refractivity contribution in [2.75, 3.05) is 6.61 Å². The highest BCUT2D eigenvalue weighted by Gasteiger charge is 2.34. The first-order chi connectivity index (χ1) is 8.71. The molecule has 0 aliphatic carbocycles. The molecule has 1 rings (SSSR count). The van der Waals surface area contributed by atoms with Gasteiger partial charge in [0.1, 0.15) is 5.56 Å². The Labute approximate surface area is 108 Å². The molecule has 0 saturated carbocycles. The predicted octanol–water partition coefficient (Wildman–Crippen LogP) is 1.65.